The van der Waals surface area contributed by atoms with Gasteiger partial charge >= 0.3 is 0 Å². The predicted octanol–water partition coefficient (Wildman–Crippen LogP) is 2.93. The lowest BCUT2D eigenvalue weighted by Gasteiger charge is -2.11. The first-order valence-electron chi connectivity index (χ1n) is 4.16. The fraction of sp³-hybridized carbons (Fsp3) is 0.182. The smallest absolute Gasteiger partial charge is 0.193 e. The summed E-state index contributed by atoms with van der Waals surface area (Å²) in [5.41, 5.74) is 1.08. The molecule has 1 N–H and O–H groups in total. The van der Waals surface area contributed by atoms with Gasteiger partial charge in [-0.15, -0.1) is 0 Å². The van der Waals surface area contributed by atoms with Crippen LogP contribution in [0.3, 0.4) is 0 Å². The summed E-state index contributed by atoms with van der Waals surface area (Å²) in [4.78, 5) is 0. The van der Waals surface area contributed by atoms with E-state index in [-0.39, 0.29) is 11.8 Å². The zero-order valence-electron chi connectivity index (χ0n) is 7.66. The van der Waals surface area contributed by atoms with E-state index in [2.05, 4.69) is 6.58 Å². The molecule has 0 aromatic heterocycles. The zero-order chi connectivity index (χ0) is 9.68. The summed E-state index contributed by atoms with van der Waals surface area (Å²) in [6.07, 6.45) is 1.28. The molecule has 0 amide bonds. The molecule has 0 heterocycles. The van der Waals surface area contributed by atoms with Crippen molar-refractivity contribution in [3.8, 4) is 0 Å². The van der Waals surface area contributed by atoms with Crippen molar-refractivity contribution >= 4 is 5.90 Å². The first-order valence-corrected chi connectivity index (χ1v) is 4.16. The summed E-state index contributed by atoms with van der Waals surface area (Å²) in [5, 5.41) is 7.54. The Morgan fingerprint density at radius 3 is 2.62 bits per heavy atom. The molecule has 1 aromatic carbocycles. The summed E-state index contributed by atoms with van der Waals surface area (Å²) >= 11 is 0. The number of benzene rings is 1. The Morgan fingerprint density at radius 1 is 1.46 bits per heavy atom. The molecule has 0 radical (unpaired) electrons. The minimum atomic E-state index is -0.0146. The van der Waals surface area contributed by atoms with Gasteiger partial charge in [0.15, 0.2) is 5.90 Å². The van der Waals surface area contributed by atoms with Gasteiger partial charge in [-0.3, -0.25) is 5.41 Å². The van der Waals surface area contributed by atoms with E-state index < -0.39 is 0 Å². The van der Waals surface area contributed by atoms with Crippen LogP contribution in [0.4, 0.5) is 0 Å². The number of hydrogen-bond donors (Lipinski definition) is 1. The maximum atomic E-state index is 7.54. The Balaban J connectivity index is 2.73. The van der Waals surface area contributed by atoms with E-state index in [9.17, 15) is 0 Å². The van der Waals surface area contributed by atoms with Crippen LogP contribution in [0, 0.1) is 5.41 Å². The van der Waals surface area contributed by atoms with E-state index in [1.54, 1.807) is 0 Å². The maximum absolute atomic E-state index is 7.54. The molecule has 2 heteroatoms. The quantitative estimate of drug-likeness (QED) is 0.427. The summed E-state index contributed by atoms with van der Waals surface area (Å²) in [6.45, 7) is 5.35. The molecule has 13 heavy (non-hydrogen) atoms. The predicted molar refractivity (Wildman–Crippen MR) is 53.9 cm³/mol. The lowest BCUT2D eigenvalue weighted by molar-refractivity contribution is 0.446. The molecular weight excluding hydrogens is 162 g/mol. The van der Waals surface area contributed by atoms with Crippen LogP contribution in [0.2, 0.25) is 0 Å². The third-order valence-corrected chi connectivity index (χ3v) is 1.90. The van der Waals surface area contributed by atoms with Crippen LogP contribution in [-0.2, 0) is 4.74 Å². The van der Waals surface area contributed by atoms with Gasteiger partial charge in [0, 0.05) is 0 Å². The SMILES string of the molecule is C=COC(=N)C(C)c1ccccc1. The van der Waals surface area contributed by atoms with Crippen molar-refractivity contribution in [3.63, 3.8) is 0 Å². The normalized spacial score (nSPS) is 11.8. The van der Waals surface area contributed by atoms with Gasteiger partial charge in [0.05, 0.1) is 12.2 Å². The molecule has 0 bridgehead atoms. The zero-order valence-corrected chi connectivity index (χ0v) is 7.66. The molecule has 1 rings (SSSR count). The molecule has 1 unspecified atom stereocenters. The highest BCUT2D eigenvalue weighted by molar-refractivity contribution is 5.80. The lowest BCUT2D eigenvalue weighted by Crippen LogP contribution is -2.08. The number of ether oxygens (including phenoxy) is 1. The second-order valence-corrected chi connectivity index (χ2v) is 2.78. The minimum Gasteiger partial charge on any atom is -0.451 e. The molecule has 0 aliphatic heterocycles. The van der Waals surface area contributed by atoms with E-state index in [1.165, 1.54) is 6.26 Å². The molecule has 1 aromatic rings. The summed E-state index contributed by atoms with van der Waals surface area (Å²) < 4.78 is 4.91. The Labute approximate surface area is 78.4 Å². The van der Waals surface area contributed by atoms with Crippen LogP contribution in [0.25, 0.3) is 0 Å². The third-order valence-electron chi connectivity index (χ3n) is 1.90. The minimum absolute atomic E-state index is 0.0146. The van der Waals surface area contributed by atoms with Crippen molar-refractivity contribution in [1.29, 1.82) is 5.41 Å². The average Bonchev–Trinajstić information content (AvgIpc) is 2.18. The highest BCUT2D eigenvalue weighted by Crippen LogP contribution is 2.16. The molecule has 1 atom stereocenters. The Hall–Kier alpha value is -1.57. The van der Waals surface area contributed by atoms with Crippen molar-refractivity contribution in [2.24, 2.45) is 0 Å². The van der Waals surface area contributed by atoms with Crippen LogP contribution in [-0.4, -0.2) is 5.90 Å². The largest absolute Gasteiger partial charge is 0.451 e. The lowest BCUT2D eigenvalue weighted by atomic mass is 10.0. The van der Waals surface area contributed by atoms with E-state index in [0.29, 0.717) is 0 Å². The maximum Gasteiger partial charge on any atom is 0.193 e. The van der Waals surface area contributed by atoms with E-state index in [4.69, 9.17) is 10.1 Å². The van der Waals surface area contributed by atoms with Crippen molar-refractivity contribution < 1.29 is 4.74 Å². The van der Waals surface area contributed by atoms with Crippen molar-refractivity contribution in [2.45, 2.75) is 12.8 Å². The van der Waals surface area contributed by atoms with E-state index in [0.717, 1.165) is 5.56 Å². The first kappa shape index (κ1) is 9.52. The van der Waals surface area contributed by atoms with Crippen LogP contribution in [0.15, 0.2) is 43.2 Å². The highest BCUT2D eigenvalue weighted by atomic mass is 16.5. The Morgan fingerprint density at radius 2 is 2.08 bits per heavy atom. The molecule has 0 spiro atoms. The Kier molecular flexibility index (Phi) is 3.26. The van der Waals surface area contributed by atoms with Crippen molar-refractivity contribution in [3.05, 3.63) is 48.7 Å². The van der Waals surface area contributed by atoms with Crippen molar-refractivity contribution in [1.82, 2.24) is 0 Å². The number of hydrogen-bond acceptors (Lipinski definition) is 2. The first-order chi connectivity index (χ1) is 6.25. The van der Waals surface area contributed by atoms with Gasteiger partial charge in [0.2, 0.25) is 0 Å². The molecule has 0 fully saturated rings. The molecule has 0 saturated carbocycles. The topological polar surface area (TPSA) is 33.1 Å². The molecule has 2 nitrogen and oxygen atoms in total. The van der Waals surface area contributed by atoms with Gasteiger partial charge in [-0.25, -0.2) is 0 Å². The molecule has 0 aliphatic carbocycles. The summed E-state index contributed by atoms with van der Waals surface area (Å²) in [7, 11) is 0. The molecular formula is C11H13NO. The second kappa shape index (κ2) is 4.45. The standard InChI is InChI=1S/C11H13NO/c1-3-13-11(12)9(2)10-7-5-4-6-8-10/h3-9,12H,1H2,2H3. The number of rotatable bonds is 3. The van der Waals surface area contributed by atoms with Gasteiger partial charge < -0.3 is 4.74 Å². The monoisotopic (exact) mass is 175 g/mol. The van der Waals surface area contributed by atoms with E-state index >= 15 is 0 Å². The van der Waals surface area contributed by atoms with Gasteiger partial charge in [0.1, 0.15) is 0 Å². The van der Waals surface area contributed by atoms with Crippen LogP contribution in [0.1, 0.15) is 18.4 Å². The second-order valence-electron chi connectivity index (χ2n) is 2.78. The third kappa shape index (κ3) is 2.44. The van der Waals surface area contributed by atoms with Crippen LogP contribution in [0.5, 0.6) is 0 Å². The highest BCUT2D eigenvalue weighted by Gasteiger charge is 2.10. The van der Waals surface area contributed by atoms with Crippen LogP contribution < -0.4 is 0 Å². The summed E-state index contributed by atoms with van der Waals surface area (Å²) in [6, 6.07) is 9.81. The fourth-order valence-electron chi connectivity index (χ4n) is 1.08. The van der Waals surface area contributed by atoms with Crippen molar-refractivity contribution in [2.75, 3.05) is 0 Å². The van der Waals surface area contributed by atoms with Gasteiger partial charge in [0.25, 0.3) is 0 Å². The fourth-order valence-corrected chi connectivity index (χ4v) is 1.08. The number of nitrogens with one attached hydrogen (secondary N) is 1. The Bertz CT molecular complexity index is 292. The molecule has 68 valence electrons. The molecule has 0 saturated heterocycles. The average molecular weight is 175 g/mol. The van der Waals surface area contributed by atoms with E-state index in [1.807, 2.05) is 37.3 Å². The van der Waals surface area contributed by atoms with Crippen LogP contribution >= 0.6 is 0 Å². The van der Waals surface area contributed by atoms with Gasteiger partial charge in [-0.2, -0.15) is 0 Å². The summed E-state index contributed by atoms with van der Waals surface area (Å²) in [5.74, 6) is 0.209. The molecule has 0 aliphatic rings. The van der Waals surface area contributed by atoms with Gasteiger partial charge in [-0.1, -0.05) is 36.9 Å². The van der Waals surface area contributed by atoms with Gasteiger partial charge in [-0.05, 0) is 12.5 Å².